The van der Waals surface area contributed by atoms with Crippen molar-refractivity contribution in [1.29, 1.82) is 0 Å². The third-order valence-electron chi connectivity index (χ3n) is 1.88. The predicted octanol–water partition coefficient (Wildman–Crippen LogP) is 1.48. The molecule has 0 spiro atoms. The molecule has 3 nitrogen and oxygen atoms in total. The first-order chi connectivity index (χ1) is 5.91. The van der Waals surface area contributed by atoms with Crippen LogP contribution in [-0.2, 0) is 5.41 Å². The van der Waals surface area contributed by atoms with Gasteiger partial charge in [-0.3, -0.25) is 9.78 Å². The molecule has 1 heterocycles. The topological polar surface area (TPSA) is 56.0 Å². The van der Waals surface area contributed by atoms with Gasteiger partial charge in [0.25, 0.3) is 5.91 Å². The molecule has 0 aromatic carbocycles. The standard InChI is InChI=1S/C10H14N2O/c1-10(2,3)7-4-5-8(9(11)13)12-6-7/h4-6H,1-3H3,(H2,11,13). The van der Waals surface area contributed by atoms with Crippen LogP contribution >= 0.6 is 0 Å². The number of carbonyl (C=O) groups is 1. The SMILES string of the molecule is CC(C)(C)c1ccc(C(N)=O)nc1. The van der Waals surface area contributed by atoms with Crippen molar-refractivity contribution < 1.29 is 4.79 Å². The van der Waals surface area contributed by atoms with Gasteiger partial charge in [-0.1, -0.05) is 26.8 Å². The second-order valence-corrected chi connectivity index (χ2v) is 4.05. The number of primary amides is 1. The zero-order valence-electron chi connectivity index (χ0n) is 8.16. The molecule has 0 radical (unpaired) electrons. The number of rotatable bonds is 1. The molecule has 13 heavy (non-hydrogen) atoms. The summed E-state index contributed by atoms with van der Waals surface area (Å²) in [5.74, 6) is -0.486. The number of aromatic nitrogens is 1. The normalized spacial score (nSPS) is 11.3. The number of amides is 1. The van der Waals surface area contributed by atoms with E-state index in [4.69, 9.17) is 5.73 Å². The zero-order chi connectivity index (χ0) is 10.1. The molecule has 1 aromatic heterocycles. The van der Waals surface area contributed by atoms with Crippen LogP contribution in [0.15, 0.2) is 18.3 Å². The lowest BCUT2D eigenvalue weighted by Gasteiger charge is -2.18. The maximum Gasteiger partial charge on any atom is 0.267 e. The van der Waals surface area contributed by atoms with Gasteiger partial charge in [0.15, 0.2) is 0 Å². The molecule has 0 aliphatic rings. The van der Waals surface area contributed by atoms with Gasteiger partial charge in [-0.15, -0.1) is 0 Å². The van der Waals surface area contributed by atoms with E-state index in [2.05, 4.69) is 25.8 Å². The van der Waals surface area contributed by atoms with Gasteiger partial charge in [-0.2, -0.15) is 0 Å². The molecule has 70 valence electrons. The summed E-state index contributed by atoms with van der Waals surface area (Å²) in [6, 6.07) is 3.54. The molecule has 0 unspecified atom stereocenters. The Morgan fingerprint density at radius 2 is 2.00 bits per heavy atom. The van der Waals surface area contributed by atoms with Crippen molar-refractivity contribution in [3.63, 3.8) is 0 Å². The largest absolute Gasteiger partial charge is 0.364 e. The van der Waals surface area contributed by atoms with Crippen LogP contribution in [0.1, 0.15) is 36.8 Å². The summed E-state index contributed by atoms with van der Waals surface area (Å²) in [4.78, 5) is 14.7. The van der Waals surface area contributed by atoms with E-state index >= 15 is 0 Å². The fourth-order valence-electron chi connectivity index (χ4n) is 0.983. The van der Waals surface area contributed by atoms with Crippen LogP contribution in [-0.4, -0.2) is 10.9 Å². The van der Waals surface area contributed by atoms with Crippen molar-refractivity contribution in [1.82, 2.24) is 4.98 Å². The Balaban J connectivity index is 3.01. The van der Waals surface area contributed by atoms with Gasteiger partial charge >= 0.3 is 0 Å². The molecule has 3 heteroatoms. The molecule has 0 aliphatic heterocycles. The van der Waals surface area contributed by atoms with Crippen LogP contribution in [0.5, 0.6) is 0 Å². The average molecular weight is 178 g/mol. The van der Waals surface area contributed by atoms with Crippen molar-refractivity contribution in [3.8, 4) is 0 Å². The maximum absolute atomic E-state index is 10.7. The van der Waals surface area contributed by atoms with Crippen molar-refractivity contribution >= 4 is 5.91 Å². The minimum Gasteiger partial charge on any atom is -0.364 e. The predicted molar refractivity (Wildman–Crippen MR) is 51.5 cm³/mol. The van der Waals surface area contributed by atoms with E-state index in [0.717, 1.165) is 5.56 Å². The van der Waals surface area contributed by atoms with Crippen LogP contribution in [0.4, 0.5) is 0 Å². The third kappa shape index (κ3) is 2.28. The first-order valence-electron chi connectivity index (χ1n) is 4.17. The van der Waals surface area contributed by atoms with E-state index in [1.807, 2.05) is 6.07 Å². The van der Waals surface area contributed by atoms with Gasteiger partial charge in [-0.25, -0.2) is 0 Å². The van der Waals surface area contributed by atoms with Crippen molar-refractivity contribution in [2.75, 3.05) is 0 Å². The first kappa shape index (κ1) is 9.71. The van der Waals surface area contributed by atoms with Gasteiger partial charge in [0.1, 0.15) is 5.69 Å². The summed E-state index contributed by atoms with van der Waals surface area (Å²) in [5.41, 5.74) is 6.54. The molecule has 1 rings (SSSR count). The number of carbonyl (C=O) groups excluding carboxylic acids is 1. The second-order valence-electron chi connectivity index (χ2n) is 4.05. The van der Waals surface area contributed by atoms with Gasteiger partial charge in [0.05, 0.1) is 0 Å². The highest BCUT2D eigenvalue weighted by Gasteiger charge is 2.14. The van der Waals surface area contributed by atoms with Crippen molar-refractivity contribution in [3.05, 3.63) is 29.6 Å². The number of hydrogen-bond acceptors (Lipinski definition) is 2. The zero-order valence-corrected chi connectivity index (χ0v) is 8.16. The molecule has 1 aromatic rings. The molecule has 2 N–H and O–H groups in total. The summed E-state index contributed by atoms with van der Waals surface area (Å²) in [5, 5.41) is 0. The monoisotopic (exact) mass is 178 g/mol. The lowest BCUT2D eigenvalue weighted by atomic mass is 9.88. The minimum atomic E-state index is -0.486. The van der Waals surface area contributed by atoms with Gasteiger partial charge < -0.3 is 5.73 Å². The van der Waals surface area contributed by atoms with Gasteiger partial charge in [0.2, 0.25) is 0 Å². The Morgan fingerprint density at radius 3 is 2.31 bits per heavy atom. The highest BCUT2D eigenvalue weighted by Crippen LogP contribution is 2.20. The van der Waals surface area contributed by atoms with Crippen molar-refractivity contribution in [2.24, 2.45) is 5.73 Å². The number of nitrogens with zero attached hydrogens (tertiary/aromatic N) is 1. The van der Waals surface area contributed by atoms with Crippen LogP contribution < -0.4 is 5.73 Å². The lowest BCUT2D eigenvalue weighted by Crippen LogP contribution is -2.15. The smallest absolute Gasteiger partial charge is 0.267 e. The van der Waals surface area contributed by atoms with E-state index in [9.17, 15) is 4.79 Å². The Kier molecular flexibility index (Phi) is 2.36. The average Bonchev–Trinajstić information content (AvgIpc) is 2.03. The number of nitrogens with two attached hydrogens (primary N) is 1. The summed E-state index contributed by atoms with van der Waals surface area (Å²) >= 11 is 0. The maximum atomic E-state index is 10.7. The molecular weight excluding hydrogens is 164 g/mol. The fourth-order valence-corrected chi connectivity index (χ4v) is 0.983. The Morgan fingerprint density at radius 1 is 1.38 bits per heavy atom. The quantitative estimate of drug-likeness (QED) is 0.708. The number of hydrogen-bond donors (Lipinski definition) is 1. The number of pyridine rings is 1. The van der Waals surface area contributed by atoms with Gasteiger partial charge in [-0.05, 0) is 17.0 Å². The minimum absolute atomic E-state index is 0.0587. The molecule has 0 bridgehead atoms. The van der Waals surface area contributed by atoms with Crippen molar-refractivity contribution in [2.45, 2.75) is 26.2 Å². The molecular formula is C10H14N2O. The van der Waals surface area contributed by atoms with Gasteiger partial charge in [0, 0.05) is 6.20 Å². The van der Waals surface area contributed by atoms with Crippen LogP contribution in [0, 0.1) is 0 Å². The Bertz CT molecular complexity index is 309. The third-order valence-corrected chi connectivity index (χ3v) is 1.88. The molecule has 0 atom stereocenters. The molecule has 1 amide bonds. The highest BCUT2D eigenvalue weighted by atomic mass is 16.1. The van der Waals surface area contributed by atoms with E-state index < -0.39 is 5.91 Å². The molecule has 0 fully saturated rings. The van der Waals surface area contributed by atoms with E-state index in [0.29, 0.717) is 5.69 Å². The van der Waals surface area contributed by atoms with Crippen LogP contribution in [0.2, 0.25) is 0 Å². The van der Waals surface area contributed by atoms with Crippen LogP contribution in [0.25, 0.3) is 0 Å². The van der Waals surface area contributed by atoms with E-state index in [1.165, 1.54) is 0 Å². The first-order valence-corrected chi connectivity index (χ1v) is 4.17. The summed E-state index contributed by atoms with van der Waals surface area (Å²) in [6.07, 6.45) is 1.69. The lowest BCUT2D eigenvalue weighted by molar-refractivity contribution is 0.0995. The summed E-state index contributed by atoms with van der Waals surface area (Å²) < 4.78 is 0. The highest BCUT2D eigenvalue weighted by molar-refractivity contribution is 5.90. The molecule has 0 aliphatic carbocycles. The second kappa shape index (κ2) is 3.17. The fraction of sp³-hybridized carbons (Fsp3) is 0.400. The van der Waals surface area contributed by atoms with E-state index in [1.54, 1.807) is 12.3 Å². The van der Waals surface area contributed by atoms with E-state index in [-0.39, 0.29) is 5.41 Å². The Hall–Kier alpha value is -1.38. The summed E-state index contributed by atoms with van der Waals surface area (Å²) in [6.45, 7) is 6.27. The Labute approximate surface area is 78.0 Å². The molecule has 0 saturated heterocycles. The molecule has 0 saturated carbocycles. The summed E-state index contributed by atoms with van der Waals surface area (Å²) in [7, 11) is 0. The van der Waals surface area contributed by atoms with Crippen LogP contribution in [0.3, 0.4) is 0 Å².